The Hall–Kier alpha value is -5.02. The van der Waals surface area contributed by atoms with Crippen LogP contribution in [0, 0.1) is 0 Å². The Morgan fingerprint density at radius 3 is 2.34 bits per heavy atom. The number of pyridine rings is 1. The molecule has 0 fully saturated rings. The number of alkyl halides is 3. The van der Waals surface area contributed by atoms with Gasteiger partial charge in [0.2, 0.25) is 0 Å². The summed E-state index contributed by atoms with van der Waals surface area (Å²) >= 11 is 0. The van der Waals surface area contributed by atoms with Crippen LogP contribution in [0.25, 0.3) is 33.8 Å². The number of carboxylic acids is 1. The number of halogens is 3. The molecule has 0 radical (unpaired) electrons. The normalized spacial score (nSPS) is 12.0. The molecule has 3 heterocycles. The van der Waals surface area contributed by atoms with E-state index in [0.717, 1.165) is 28.8 Å². The lowest BCUT2D eigenvalue weighted by Crippen LogP contribution is -2.23. The third-order valence-corrected chi connectivity index (χ3v) is 6.35. The number of ether oxygens (including phenoxy) is 1. The topological polar surface area (TPSA) is 174 Å². The lowest BCUT2D eigenvalue weighted by molar-refractivity contribution is -0.192. The number of nitrogens with two attached hydrogens (primary N) is 1. The van der Waals surface area contributed by atoms with Crippen molar-refractivity contribution in [3.63, 3.8) is 0 Å². The summed E-state index contributed by atoms with van der Waals surface area (Å²) in [6, 6.07) is 19.5. The summed E-state index contributed by atoms with van der Waals surface area (Å²) in [6.45, 7) is 4.25. The van der Waals surface area contributed by atoms with Gasteiger partial charge in [-0.05, 0) is 35.8 Å². The van der Waals surface area contributed by atoms with Gasteiger partial charge in [0.15, 0.2) is 23.1 Å². The third-order valence-electron chi connectivity index (χ3n) is 6.35. The number of anilines is 1. The van der Waals surface area contributed by atoms with E-state index in [1.807, 2.05) is 72.2 Å². The summed E-state index contributed by atoms with van der Waals surface area (Å²) in [5.74, 6) is -1.42. The predicted octanol–water partition coefficient (Wildman–Crippen LogP) is 4.48. The van der Waals surface area contributed by atoms with E-state index in [4.69, 9.17) is 35.0 Å². The molecular formula is C29H30F3N7O5. The van der Waals surface area contributed by atoms with Gasteiger partial charge in [0.05, 0.1) is 24.6 Å². The number of aliphatic carboxylic acids is 1. The number of nitrogen functional groups attached to an aromatic ring is 1. The summed E-state index contributed by atoms with van der Waals surface area (Å²) in [7, 11) is 0. The van der Waals surface area contributed by atoms with Crippen molar-refractivity contribution in [2.24, 2.45) is 0 Å². The molecule has 12 nitrogen and oxygen atoms in total. The van der Waals surface area contributed by atoms with E-state index in [9.17, 15) is 18.3 Å². The first-order chi connectivity index (χ1) is 21.1. The highest BCUT2D eigenvalue weighted by atomic mass is 19.4. The van der Waals surface area contributed by atoms with Gasteiger partial charge in [0, 0.05) is 18.7 Å². The van der Waals surface area contributed by atoms with E-state index in [1.165, 1.54) is 0 Å². The minimum Gasteiger partial charge on any atom is -0.490 e. The summed E-state index contributed by atoms with van der Waals surface area (Å²) in [5, 5.41) is 28.4. The average molecular weight is 614 g/mol. The number of aromatic nitrogens is 5. The third kappa shape index (κ3) is 7.67. The zero-order chi connectivity index (χ0) is 31.7. The number of aliphatic hydroxyl groups is 1. The summed E-state index contributed by atoms with van der Waals surface area (Å²) in [6.07, 6.45) is -3.15. The second-order valence-corrected chi connectivity index (χ2v) is 9.35. The van der Waals surface area contributed by atoms with Gasteiger partial charge < -0.3 is 30.6 Å². The molecule has 0 bridgehead atoms. The molecule has 3 aromatic heterocycles. The number of hydrogen-bond acceptors (Lipinski definition) is 10. The van der Waals surface area contributed by atoms with E-state index in [-0.39, 0.29) is 5.82 Å². The van der Waals surface area contributed by atoms with Crippen LogP contribution < -0.4 is 15.8 Å². The van der Waals surface area contributed by atoms with E-state index >= 15 is 0 Å². The van der Waals surface area contributed by atoms with Crippen LogP contribution in [-0.4, -0.2) is 66.9 Å². The first-order valence-electron chi connectivity index (χ1n) is 13.5. The highest BCUT2D eigenvalue weighted by Gasteiger charge is 2.38. The Bertz CT molecular complexity index is 1660. The van der Waals surface area contributed by atoms with Crippen LogP contribution in [-0.2, 0) is 11.3 Å². The van der Waals surface area contributed by atoms with Crippen molar-refractivity contribution in [3.05, 3.63) is 72.4 Å². The van der Waals surface area contributed by atoms with Crippen molar-refractivity contribution in [1.29, 1.82) is 0 Å². The minimum absolute atomic E-state index is 0.172. The van der Waals surface area contributed by atoms with Crippen LogP contribution in [0.5, 0.6) is 5.75 Å². The fourth-order valence-corrected chi connectivity index (χ4v) is 4.28. The summed E-state index contributed by atoms with van der Waals surface area (Å²) < 4.78 is 44.8. The molecule has 232 valence electrons. The number of fused-ring (bicyclic) bond motifs is 1. The maximum absolute atomic E-state index is 10.6. The first-order valence-corrected chi connectivity index (χ1v) is 13.5. The fraction of sp³-hybridized carbons (Fsp3) is 0.276. The molecule has 5 N–H and O–H groups in total. The van der Waals surface area contributed by atoms with Crippen molar-refractivity contribution < 1.29 is 37.5 Å². The largest absolute Gasteiger partial charge is 0.490 e. The molecule has 15 heteroatoms. The van der Waals surface area contributed by atoms with Crippen molar-refractivity contribution in [2.45, 2.75) is 32.2 Å². The molecule has 0 aliphatic heterocycles. The summed E-state index contributed by atoms with van der Waals surface area (Å²) in [4.78, 5) is 18.5. The van der Waals surface area contributed by atoms with Crippen LogP contribution in [0.1, 0.15) is 25.0 Å². The van der Waals surface area contributed by atoms with Gasteiger partial charge in [-0.2, -0.15) is 13.2 Å². The average Bonchev–Trinajstić information content (AvgIpc) is 3.62. The number of carbonyl (C=O) groups is 1. The van der Waals surface area contributed by atoms with Crippen LogP contribution in [0.2, 0.25) is 0 Å². The second-order valence-electron chi connectivity index (χ2n) is 9.35. The smallest absolute Gasteiger partial charge is 0.490 e. The van der Waals surface area contributed by atoms with Gasteiger partial charge >= 0.3 is 12.1 Å². The molecule has 5 rings (SSSR count). The van der Waals surface area contributed by atoms with Crippen LogP contribution >= 0.6 is 0 Å². The molecule has 5 aromatic rings. The number of benzene rings is 2. The van der Waals surface area contributed by atoms with E-state index in [0.29, 0.717) is 49.0 Å². The number of rotatable bonds is 11. The van der Waals surface area contributed by atoms with Crippen molar-refractivity contribution in [1.82, 2.24) is 30.2 Å². The molecule has 2 aromatic carbocycles. The van der Waals surface area contributed by atoms with E-state index in [2.05, 4.69) is 15.6 Å². The molecule has 0 aliphatic carbocycles. The van der Waals surface area contributed by atoms with Gasteiger partial charge in [0.1, 0.15) is 11.0 Å². The molecule has 0 spiro atoms. The Balaban J connectivity index is 0.000000566. The lowest BCUT2D eigenvalue weighted by atomic mass is 10.1. The van der Waals surface area contributed by atoms with Gasteiger partial charge in [-0.3, -0.25) is 0 Å². The minimum atomic E-state index is -5.08. The van der Waals surface area contributed by atoms with Crippen molar-refractivity contribution >= 4 is 22.8 Å². The Labute approximate surface area is 249 Å². The summed E-state index contributed by atoms with van der Waals surface area (Å²) in [5.41, 5.74) is 10.4. The number of aryl methyl sites for hydroxylation is 1. The zero-order valence-electron chi connectivity index (χ0n) is 23.5. The number of carboxylic acid groups (broad SMARTS) is 1. The zero-order valence-corrected chi connectivity index (χ0v) is 23.5. The van der Waals surface area contributed by atoms with Gasteiger partial charge in [0.25, 0.3) is 0 Å². The quantitative estimate of drug-likeness (QED) is 0.155. The number of nitrogens with zero attached hydrogens (tertiary/aromatic N) is 5. The van der Waals surface area contributed by atoms with Crippen LogP contribution in [0.15, 0.2) is 71.5 Å². The maximum atomic E-state index is 10.6. The maximum Gasteiger partial charge on any atom is 0.490 e. The number of nitrogens with one attached hydrogen (secondary N) is 1. The molecule has 44 heavy (non-hydrogen) atoms. The predicted molar refractivity (Wildman–Crippen MR) is 154 cm³/mol. The molecule has 0 amide bonds. The molecule has 1 unspecified atom stereocenters. The van der Waals surface area contributed by atoms with Crippen LogP contribution in [0.4, 0.5) is 19.0 Å². The SMILES string of the molecule is CCn1c(-c2nonc2N)nc2c(-c3ccccc3)ncc(OCCCNCC(O)c3ccccc3)c21.O=C(O)C(F)(F)F. The van der Waals surface area contributed by atoms with Crippen molar-refractivity contribution in [2.75, 3.05) is 25.4 Å². The van der Waals surface area contributed by atoms with E-state index in [1.54, 1.807) is 6.20 Å². The Morgan fingerprint density at radius 1 is 1.09 bits per heavy atom. The first kappa shape index (κ1) is 31.9. The number of imidazole rings is 1. The van der Waals surface area contributed by atoms with Crippen molar-refractivity contribution in [3.8, 4) is 28.5 Å². The molecular weight excluding hydrogens is 583 g/mol. The lowest BCUT2D eigenvalue weighted by Gasteiger charge is -2.13. The highest BCUT2D eigenvalue weighted by Crippen LogP contribution is 2.36. The highest BCUT2D eigenvalue weighted by molar-refractivity contribution is 5.95. The monoisotopic (exact) mass is 613 g/mol. The van der Waals surface area contributed by atoms with E-state index < -0.39 is 18.2 Å². The molecule has 0 saturated heterocycles. The number of aliphatic hydroxyl groups excluding tert-OH is 1. The molecule has 1 atom stereocenters. The fourth-order valence-electron chi connectivity index (χ4n) is 4.28. The molecule has 0 saturated carbocycles. The number of hydrogen-bond donors (Lipinski definition) is 4. The standard InChI is InChI=1S/C27H29N7O3.C2HF3O2/c1-2-34-25-21(36-15-9-14-29-16-20(35)18-10-5-3-6-11-18)17-30-22(19-12-7-4-8-13-19)23(25)31-27(34)24-26(28)33-37-32-24;3-2(4,5)1(6)7/h3-8,10-13,17,20,29,35H,2,9,14-16H2,1H3,(H2,28,33);(H,6,7). The Morgan fingerprint density at radius 2 is 1.75 bits per heavy atom. The van der Waals surface area contributed by atoms with Gasteiger partial charge in [-0.25, -0.2) is 19.4 Å². The van der Waals surface area contributed by atoms with Gasteiger partial charge in [-0.15, -0.1) is 0 Å². The Kier molecular flexibility index (Phi) is 10.5. The van der Waals surface area contributed by atoms with Gasteiger partial charge in [-0.1, -0.05) is 60.7 Å². The van der Waals surface area contributed by atoms with Crippen LogP contribution in [0.3, 0.4) is 0 Å². The molecule has 0 aliphatic rings. The second kappa shape index (κ2) is 14.4.